The van der Waals surface area contributed by atoms with Gasteiger partial charge in [0.25, 0.3) is 0 Å². The minimum atomic E-state index is -1.43. The second kappa shape index (κ2) is 7.00. The highest BCUT2D eigenvalue weighted by atomic mass is 35.5. The molecule has 3 aliphatic rings. The van der Waals surface area contributed by atoms with E-state index < -0.39 is 23.4 Å². The predicted molar refractivity (Wildman–Crippen MR) is 128 cm³/mol. The lowest BCUT2D eigenvalue weighted by atomic mass is 9.64. The van der Waals surface area contributed by atoms with E-state index in [2.05, 4.69) is 0 Å². The van der Waals surface area contributed by atoms with E-state index in [-0.39, 0.29) is 17.3 Å². The van der Waals surface area contributed by atoms with Crippen LogP contribution in [-0.2, 0) is 4.79 Å². The van der Waals surface area contributed by atoms with Crippen LogP contribution < -0.4 is 4.90 Å². The molecule has 4 nitrogen and oxygen atoms in total. The SMILES string of the molecule is CC(=O)[C@H]1[C@H](c2ccc(Cl)cc2)C2(C(=O)c3ccccc3C2=O)[C@H]2C=Cc3ccccc3N12. The normalized spacial score (nSPS) is 24.1. The van der Waals surface area contributed by atoms with Gasteiger partial charge in [-0.2, -0.15) is 0 Å². The van der Waals surface area contributed by atoms with Crippen LogP contribution >= 0.6 is 11.6 Å². The molecule has 6 rings (SSSR count). The smallest absolute Gasteiger partial charge is 0.180 e. The van der Waals surface area contributed by atoms with E-state index in [0.717, 1.165) is 16.8 Å². The van der Waals surface area contributed by atoms with Crippen molar-refractivity contribution in [2.75, 3.05) is 4.90 Å². The Morgan fingerprint density at radius 1 is 0.879 bits per heavy atom. The fraction of sp³-hybridized carbons (Fsp3) is 0.179. The summed E-state index contributed by atoms with van der Waals surface area (Å²) in [5.74, 6) is -1.17. The van der Waals surface area contributed by atoms with Crippen LogP contribution in [0.3, 0.4) is 0 Å². The molecule has 5 heteroatoms. The summed E-state index contributed by atoms with van der Waals surface area (Å²) >= 11 is 6.17. The first-order valence-corrected chi connectivity index (χ1v) is 11.3. The van der Waals surface area contributed by atoms with E-state index in [0.29, 0.717) is 16.1 Å². The van der Waals surface area contributed by atoms with E-state index in [1.807, 2.05) is 53.5 Å². The summed E-state index contributed by atoms with van der Waals surface area (Å²) < 4.78 is 0. The molecule has 0 amide bonds. The summed E-state index contributed by atoms with van der Waals surface area (Å²) in [6.45, 7) is 1.54. The summed E-state index contributed by atoms with van der Waals surface area (Å²) in [5, 5.41) is 0.556. The van der Waals surface area contributed by atoms with Gasteiger partial charge in [-0.3, -0.25) is 14.4 Å². The van der Waals surface area contributed by atoms with Gasteiger partial charge in [-0.15, -0.1) is 0 Å². The molecule has 1 spiro atoms. The maximum Gasteiger partial charge on any atom is 0.180 e. The lowest BCUT2D eigenvalue weighted by Crippen LogP contribution is -2.48. The number of para-hydroxylation sites is 1. The van der Waals surface area contributed by atoms with Crippen LogP contribution in [0.2, 0.25) is 5.02 Å². The molecule has 2 heterocycles. The van der Waals surface area contributed by atoms with Gasteiger partial charge in [0.1, 0.15) is 5.41 Å². The predicted octanol–water partition coefficient (Wildman–Crippen LogP) is 5.36. The number of Topliss-reactive ketones (excluding diaryl/α,β-unsaturated/α-hetero) is 3. The molecule has 1 aliphatic carbocycles. The van der Waals surface area contributed by atoms with E-state index in [4.69, 9.17) is 11.6 Å². The Morgan fingerprint density at radius 3 is 2.12 bits per heavy atom. The van der Waals surface area contributed by atoms with Gasteiger partial charge in [0.15, 0.2) is 17.3 Å². The van der Waals surface area contributed by atoms with Gasteiger partial charge >= 0.3 is 0 Å². The molecule has 0 unspecified atom stereocenters. The third kappa shape index (κ3) is 2.50. The first-order valence-electron chi connectivity index (χ1n) is 11.0. The Kier molecular flexibility index (Phi) is 4.27. The number of benzene rings is 3. The Labute approximate surface area is 196 Å². The van der Waals surface area contributed by atoms with Crippen molar-refractivity contribution in [1.29, 1.82) is 0 Å². The molecule has 3 atom stereocenters. The summed E-state index contributed by atoms with van der Waals surface area (Å²) in [7, 11) is 0. The fourth-order valence-electron chi connectivity index (χ4n) is 6.11. The largest absolute Gasteiger partial charge is 0.352 e. The zero-order chi connectivity index (χ0) is 22.9. The molecule has 0 saturated carbocycles. The van der Waals surface area contributed by atoms with Crippen molar-refractivity contribution in [2.45, 2.75) is 24.9 Å². The van der Waals surface area contributed by atoms with Crippen LogP contribution in [0.5, 0.6) is 0 Å². The van der Waals surface area contributed by atoms with Gasteiger partial charge < -0.3 is 4.90 Å². The molecule has 162 valence electrons. The molecular formula is C28H20ClNO3. The van der Waals surface area contributed by atoms with Crippen molar-refractivity contribution in [1.82, 2.24) is 0 Å². The number of fused-ring (bicyclic) bond motifs is 5. The van der Waals surface area contributed by atoms with Gasteiger partial charge in [-0.05, 0) is 36.2 Å². The molecule has 3 aromatic carbocycles. The van der Waals surface area contributed by atoms with Crippen LogP contribution in [0.4, 0.5) is 5.69 Å². The molecule has 0 radical (unpaired) electrons. The number of carbonyl (C=O) groups excluding carboxylic acids is 3. The number of ketones is 3. The van der Waals surface area contributed by atoms with Crippen LogP contribution in [0.1, 0.15) is 44.7 Å². The molecule has 0 bridgehead atoms. The lowest BCUT2D eigenvalue weighted by molar-refractivity contribution is -0.118. The summed E-state index contributed by atoms with van der Waals surface area (Å²) in [4.78, 5) is 43.7. The molecule has 0 N–H and O–H groups in total. The second-order valence-electron chi connectivity index (χ2n) is 8.93. The van der Waals surface area contributed by atoms with Gasteiger partial charge in [-0.25, -0.2) is 0 Å². The van der Waals surface area contributed by atoms with E-state index in [1.54, 1.807) is 43.3 Å². The monoisotopic (exact) mass is 453 g/mol. The third-order valence-electron chi connectivity index (χ3n) is 7.36. The summed E-state index contributed by atoms with van der Waals surface area (Å²) in [5.41, 5.74) is 2.00. The maximum absolute atomic E-state index is 14.2. The number of anilines is 1. The Bertz CT molecular complexity index is 1340. The topological polar surface area (TPSA) is 54.5 Å². The molecule has 0 aromatic heterocycles. The van der Waals surface area contributed by atoms with Crippen molar-refractivity contribution in [3.63, 3.8) is 0 Å². The number of carbonyl (C=O) groups is 3. The lowest BCUT2D eigenvalue weighted by Gasteiger charge is -2.37. The fourth-order valence-corrected chi connectivity index (χ4v) is 6.24. The van der Waals surface area contributed by atoms with Gasteiger partial charge in [-0.1, -0.05) is 78.4 Å². The third-order valence-corrected chi connectivity index (χ3v) is 7.61. The van der Waals surface area contributed by atoms with Crippen molar-refractivity contribution < 1.29 is 14.4 Å². The molecule has 33 heavy (non-hydrogen) atoms. The minimum absolute atomic E-state index is 0.0847. The van der Waals surface area contributed by atoms with Crippen molar-refractivity contribution >= 4 is 40.7 Å². The van der Waals surface area contributed by atoms with E-state index in [9.17, 15) is 14.4 Å². The standard InChI is InChI=1S/C28H20ClNO3/c1-16(31)25-24(18-10-13-19(29)14-11-18)28(26(32)20-7-3-4-8-21(20)27(28)33)23-15-12-17-6-2-5-9-22(17)30(23)25/h2-15,23-25H,1H3/t23-,24+,25+/m1/s1. The molecule has 2 aliphatic heterocycles. The van der Waals surface area contributed by atoms with Gasteiger partial charge in [0, 0.05) is 27.8 Å². The minimum Gasteiger partial charge on any atom is -0.352 e. The zero-order valence-electron chi connectivity index (χ0n) is 17.9. The highest BCUT2D eigenvalue weighted by molar-refractivity contribution is 6.32. The quantitative estimate of drug-likeness (QED) is 0.490. The summed E-state index contributed by atoms with van der Waals surface area (Å²) in [6, 6.07) is 20.7. The highest BCUT2D eigenvalue weighted by Crippen LogP contribution is 2.60. The average molecular weight is 454 g/mol. The van der Waals surface area contributed by atoms with Crippen LogP contribution in [-0.4, -0.2) is 29.4 Å². The average Bonchev–Trinajstić information content (AvgIpc) is 3.27. The van der Waals surface area contributed by atoms with Crippen molar-refractivity contribution in [3.05, 3.63) is 106 Å². The molecule has 3 aromatic rings. The van der Waals surface area contributed by atoms with E-state index >= 15 is 0 Å². The maximum atomic E-state index is 14.2. The number of halogens is 1. The number of hydrogen-bond donors (Lipinski definition) is 0. The highest BCUT2D eigenvalue weighted by Gasteiger charge is 2.71. The molecule has 1 fully saturated rings. The number of nitrogens with zero attached hydrogens (tertiary/aromatic N) is 1. The molecular weight excluding hydrogens is 434 g/mol. The van der Waals surface area contributed by atoms with Gasteiger partial charge in [0.2, 0.25) is 0 Å². The van der Waals surface area contributed by atoms with Crippen molar-refractivity contribution in [2.24, 2.45) is 5.41 Å². The Hall–Kier alpha value is -3.50. The summed E-state index contributed by atoms with van der Waals surface area (Å²) in [6.07, 6.45) is 3.89. The van der Waals surface area contributed by atoms with E-state index in [1.165, 1.54) is 0 Å². The number of hydrogen-bond acceptors (Lipinski definition) is 4. The zero-order valence-corrected chi connectivity index (χ0v) is 18.6. The Balaban J connectivity index is 1.68. The van der Waals surface area contributed by atoms with Crippen LogP contribution in [0.25, 0.3) is 6.08 Å². The Morgan fingerprint density at radius 2 is 1.48 bits per heavy atom. The number of rotatable bonds is 2. The molecule has 1 saturated heterocycles. The first kappa shape index (κ1) is 20.1. The van der Waals surface area contributed by atoms with Gasteiger partial charge in [0.05, 0.1) is 12.1 Å². The first-order chi connectivity index (χ1) is 16.0. The second-order valence-corrected chi connectivity index (χ2v) is 9.36. The van der Waals surface area contributed by atoms with Crippen molar-refractivity contribution in [3.8, 4) is 0 Å². The van der Waals surface area contributed by atoms with Crippen LogP contribution in [0.15, 0.2) is 78.9 Å². The van der Waals surface area contributed by atoms with Crippen LogP contribution in [0, 0.1) is 5.41 Å².